The fraction of sp³-hybridized carbons (Fsp3) is 0.778. The maximum Gasteiger partial charge on any atom is 1.00 e. The smallest absolute Gasteiger partial charge is 0.748 e. The van der Waals surface area contributed by atoms with E-state index in [9.17, 15) is 13.0 Å². The molecule has 4 nitrogen and oxygen atoms in total. The van der Waals surface area contributed by atoms with Crippen molar-refractivity contribution in [3.8, 4) is 0 Å². The van der Waals surface area contributed by atoms with E-state index in [-0.39, 0.29) is 35.3 Å². The molecule has 0 heterocycles. The summed E-state index contributed by atoms with van der Waals surface area (Å²) in [5, 5.41) is 0. The van der Waals surface area contributed by atoms with E-state index in [1.165, 1.54) is 0 Å². The molecule has 0 saturated carbocycles. The predicted octanol–water partition coefficient (Wildman–Crippen LogP) is -1.35. The molecule has 0 radical (unpaired) electrons. The van der Waals surface area contributed by atoms with Gasteiger partial charge in [0.25, 0.3) is 0 Å². The standard InChI is InChI=1S/C9H18O4S.Na/c1-3-4-5-6-7-13-9(2)8-14(10,11)12;/h2-8H2,1H3,(H,10,11,12);/q;+1/p-1. The zero-order valence-corrected chi connectivity index (χ0v) is 12.3. The number of rotatable bonds is 8. The van der Waals surface area contributed by atoms with E-state index < -0.39 is 15.9 Å². The summed E-state index contributed by atoms with van der Waals surface area (Å²) in [5.74, 6) is -0.586. The van der Waals surface area contributed by atoms with Crippen molar-refractivity contribution in [1.29, 1.82) is 0 Å². The molecule has 0 bridgehead atoms. The fourth-order valence-corrected chi connectivity index (χ4v) is 1.46. The quantitative estimate of drug-likeness (QED) is 0.229. The summed E-state index contributed by atoms with van der Waals surface area (Å²) in [7, 11) is -4.25. The van der Waals surface area contributed by atoms with Gasteiger partial charge < -0.3 is 9.29 Å². The third-order valence-electron chi connectivity index (χ3n) is 1.64. The van der Waals surface area contributed by atoms with E-state index in [2.05, 4.69) is 13.5 Å². The number of hydrogen-bond acceptors (Lipinski definition) is 4. The maximum atomic E-state index is 10.3. The number of hydrogen-bond donors (Lipinski definition) is 0. The molecule has 0 N–H and O–H groups in total. The van der Waals surface area contributed by atoms with Gasteiger partial charge in [0.2, 0.25) is 0 Å². The first-order valence-electron chi connectivity index (χ1n) is 4.70. The van der Waals surface area contributed by atoms with Gasteiger partial charge in [-0.1, -0.05) is 32.8 Å². The molecule has 0 aliphatic carbocycles. The van der Waals surface area contributed by atoms with Gasteiger partial charge in [0, 0.05) is 0 Å². The second-order valence-corrected chi connectivity index (χ2v) is 4.55. The van der Waals surface area contributed by atoms with Gasteiger partial charge in [0.05, 0.1) is 12.4 Å². The second kappa shape index (κ2) is 9.66. The first-order chi connectivity index (χ1) is 6.45. The summed E-state index contributed by atoms with van der Waals surface area (Å²) in [6.45, 7) is 5.90. The van der Waals surface area contributed by atoms with Crippen molar-refractivity contribution >= 4 is 10.1 Å². The van der Waals surface area contributed by atoms with E-state index in [1.807, 2.05) is 0 Å². The van der Waals surface area contributed by atoms with Crippen LogP contribution in [0.4, 0.5) is 0 Å². The van der Waals surface area contributed by atoms with Crippen molar-refractivity contribution in [2.75, 3.05) is 12.4 Å². The Kier molecular flexibility index (Phi) is 11.5. The molecule has 0 saturated heterocycles. The summed E-state index contributed by atoms with van der Waals surface area (Å²) in [6, 6.07) is 0. The molecule has 84 valence electrons. The topological polar surface area (TPSA) is 66.4 Å². The molecule has 6 heteroatoms. The van der Waals surface area contributed by atoms with Crippen LogP contribution < -0.4 is 29.6 Å². The summed E-state index contributed by atoms with van der Waals surface area (Å²) in [6.07, 6.45) is 4.19. The fourth-order valence-electron chi connectivity index (χ4n) is 0.984. The largest absolute Gasteiger partial charge is 1.00 e. The Hall–Kier alpha value is 0.450. The van der Waals surface area contributed by atoms with E-state index in [1.54, 1.807) is 0 Å². The van der Waals surface area contributed by atoms with Gasteiger partial charge in [0.15, 0.2) is 0 Å². The summed E-state index contributed by atoms with van der Waals surface area (Å²) in [5.41, 5.74) is 0. The van der Waals surface area contributed by atoms with Gasteiger partial charge in [-0.2, -0.15) is 0 Å². The van der Waals surface area contributed by atoms with Crippen LogP contribution in [0, 0.1) is 0 Å². The van der Waals surface area contributed by atoms with E-state index in [4.69, 9.17) is 4.74 Å². The van der Waals surface area contributed by atoms with E-state index in [0.717, 1.165) is 25.7 Å². The third kappa shape index (κ3) is 14.5. The molecular weight excluding hydrogens is 227 g/mol. The van der Waals surface area contributed by atoms with E-state index in [0.29, 0.717) is 6.61 Å². The molecule has 0 aromatic carbocycles. The van der Waals surface area contributed by atoms with Gasteiger partial charge in [-0.05, 0) is 6.42 Å². The number of ether oxygens (including phenoxy) is 1. The minimum absolute atomic E-state index is 0. The molecule has 0 spiro atoms. The van der Waals surface area contributed by atoms with Crippen molar-refractivity contribution in [3.63, 3.8) is 0 Å². The molecule has 0 unspecified atom stereocenters. The Balaban J connectivity index is 0. The molecule has 0 amide bonds. The van der Waals surface area contributed by atoms with Crippen molar-refractivity contribution in [2.24, 2.45) is 0 Å². The zero-order valence-electron chi connectivity index (χ0n) is 9.49. The van der Waals surface area contributed by atoms with Gasteiger partial charge in [-0.15, -0.1) is 0 Å². The van der Waals surface area contributed by atoms with Gasteiger partial charge in [0.1, 0.15) is 15.9 Å². The minimum atomic E-state index is -4.25. The van der Waals surface area contributed by atoms with Crippen LogP contribution >= 0.6 is 0 Å². The molecule has 0 aliphatic heterocycles. The molecule has 0 aliphatic rings. The summed E-state index contributed by atoms with van der Waals surface area (Å²) in [4.78, 5) is 0. The number of unbranched alkanes of at least 4 members (excludes halogenated alkanes) is 3. The molecule has 0 rings (SSSR count). The Labute approximate surface area is 114 Å². The van der Waals surface area contributed by atoms with Crippen molar-refractivity contribution in [1.82, 2.24) is 0 Å². The van der Waals surface area contributed by atoms with Crippen LogP contribution in [0.2, 0.25) is 0 Å². The second-order valence-electron chi connectivity index (χ2n) is 3.15. The van der Waals surface area contributed by atoms with Crippen LogP contribution in [0.1, 0.15) is 32.6 Å². The van der Waals surface area contributed by atoms with Gasteiger partial charge in [-0.3, -0.25) is 0 Å². The van der Waals surface area contributed by atoms with Crippen LogP contribution in [0.5, 0.6) is 0 Å². The third-order valence-corrected chi connectivity index (χ3v) is 2.32. The Morgan fingerprint density at radius 3 is 2.40 bits per heavy atom. The SMILES string of the molecule is C=C(CS(=O)(=O)[O-])OCCCCCC.[Na+]. The van der Waals surface area contributed by atoms with Crippen molar-refractivity contribution < 1.29 is 47.3 Å². The average molecular weight is 244 g/mol. The van der Waals surface area contributed by atoms with Crippen molar-refractivity contribution in [3.05, 3.63) is 12.3 Å². The molecule has 15 heavy (non-hydrogen) atoms. The van der Waals surface area contributed by atoms with Crippen LogP contribution in [0.25, 0.3) is 0 Å². The van der Waals surface area contributed by atoms with Crippen LogP contribution in [-0.4, -0.2) is 25.3 Å². The summed E-state index contributed by atoms with van der Waals surface area (Å²) < 4.78 is 35.8. The first-order valence-corrected chi connectivity index (χ1v) is 6.27. The Morgan fingerprint density at radius 1 is 1.33 bits per heavy atom. The van der Waals surface area contributed by atoms with Crippen molar-refractivity contribution in [2.45, 2.75) is 32.6 Å². The van der Waals surface area contributed by atoms with Crippen LogP contribution in [0.15, 0.2) is 12.3 Å². The maximum absolute atomic E-state index is 10.3. The van der Waals surface area contributed by atoms with Gasteiger partial charge >= 0.3 is 29.6 Å². The molecule has 0 aromatic rings. The Bertz CT molecular complexity index is 261. The normalized spacial score (nSPS) is 10.5. The van der Waals surface area contributed by atoms with E-state index >= 15 is 0 Å². The average Bonchev–Trinajstić information content (AvgIpc) is 2.00. The molecule has 0 aromatic heterocycles. The monoisotopic (exact) mass is 244 g/mol. The minimum Gasteiger partial charge on any atom is -0.748 e. The first kappa shape index (κ1) is 17.8. The predicted molar refractivity (Wildman–Crippen MR) is 53.8 cm³/mol. The zero-order chi connectivity index (χ0) is 11.0. The Morgan fingerprint density at radius 2 is 1.93 bits per heavy atom. The molecular formula is C9H17NaO4S. The molecule has 0 fully saturated rings. The van der Waals surface area contributed by atoms with Crippen LogP contribution in [-0.2, 0) is 14.9 Å². The summed E-state index contributed by atoms with van der Waals surface area (Å²) >= 11 is 0. The molecule has 0 atom stereocenters. The van der Waals surface area contributed by atoms with Crippen LogP contribution in [0.3, 0.4) is 0 Å². The van der Waals surface area contributed by atoms with Gasteiger partial charge in [-0.25, -0.2) is 8.42 Å².